The van der Waals surface area contributed by atoms with Crippen molar-refractivity contribution in [1.29, 1.82) is 0 Å². The van der Waals surface area contributed by atoms with Gasteiger partial charge in [-0.3, -0.25) is 4.79 Å². The smallest absolute Gasteiger partial charge is 0.241 e. The van der Waals surface area contributed by atoms with E-state index in [-0.39, 0.29) is 24.2 Å². The van der Waals surface area contributed by atoms with Crippen molar-refractivity contribution < 1.29 is 4.79 Å². The van der Waals surface area contributed by atoms with Crippen LogP contribution >= 0.6 is 12.4 Å². The number of nitrogens with one attached hydrogen (secondary N) is 1. The van der Waals surface area contributed by atoms with Gasteiger partial charge in [0.2, 0.25) is 5.91 Å². The lowest BCUT2D eigenvalue weighted by Gasteiger charge is -2.20. The molecule has 1 rings (SSSR count). The van der Waals surface area contributed by atoms with E-state index in [0.717, 1.165) is 16.9 Å². The van der Waals surface area contributed by atoms with Gasteiger partial charge in [0.15, 0.2) is 0 Å². The molecular formula is C14H24ClN3O. The van der Waals surface area contributed by atoms with Crippen molar-refractivity contribution in [3.8, 4) is 0 Å². The average molecular weight is 286 g/mol. The Labute approximate surface area is 121 Å². The molecule has 0 saturated heterocycles. The highest BCUT2D eigenvalue weighted by Gasteiger charge is 2.18. The summed E-state index contributed by atoms with van der Waals surface area (Å²) in [6, 6.07) is 5.37. The first-order chi connectivity index (χ1) is 8.34. The number of anilines is 2. The van der Waals surface area contributed by atoms with Gasteiger partial charge in [-0.15, -0.1) is 12.4 Å². The van der Waals surface area contributed by atoms with Crippen molar-refractivity contribution in [2.75, 3.05) is 24.3 Å². The van der Waals surface area contributed by atoms with Crippen molar-refractivity contribution in [1.82, 2.24) is 0 Å². The van der Waals surface area contributed by atoms with Gasteiger partial charge < -0.3 is 16.0 Å². The number of nitrogens with zero attached hydrogens (tertiary/aromatic N) is 1. The van der Waals surface area contributed by atoms with Crippen LogP contribution in [0.3, 0.4) is 0 Å². The number of benzene rings is 1. The normalized spacial score (nSPS) is 11.7. The molecule has 0 spiro atoms. The lowest BCUT2D eigenvalue weighted by molar-refractivity contribution is -0.118. The molecular weight excluding hydrogens is 262 g/mol. The van der Waals surface area contributed by atoms with Crippen LogP contribution in [0.5, 0.6) is 0 Å². The summed E-state index contributed by atoms with van der Waals surface area (Å²) >= 11 is 0. The minimum absolute atomic E-state index is 0. The minimum atomic E-state index is -0.479. The number of hydrogen-bond acceptors (Lipinski definition) is 3. The number of carbonyl (C=O) groups is 1. The molecule has 1 amide bonds. The van der Waals surface area contributed by atoms with E-state index in [2.05, 4.69) is 5.32 Å². The Kier molecular flexibility index (Phi) is 6.87. The number of rotatable bonds is 4. The van der Waals surface area contributed by atoms with Crippen LogP contribution in [0.15, 0.2) is 18.2 Å². The average Bonchev–Trinajstić information content (AvgIpc) is 2.30. The molecule has 19 heavy (non-hydrogen) atoms. The molecule has 0 saturated carbocycles. The highest BCUT2D eigenvalue weighted by atomic mass is 35.5. The number of halogens is 1. The summed E-state index contributed by atoms with van der Waals surface area (Å²) in [5, 5.41) is 2.90. The Morgan fingerprint density at radius 2 is 1.89 bits per heavy atom. The van der Waals surface area contributed by atoms with Crippen LogP contribution in [-0.4, -0.2) is 26.0 Å². The van der Waals surface area contributed by atoms with Crippen LogP contribution < -0.4 is 16.0 Å². The molecule has 0 aliphatic heterocycles. The maximum Gasteiger partial charge on any atom is 0.241 e. The van der Waals surface area contributed by atoms with Crippen LogP contribution in [0, 0.1) is 12.8 Å². The summed E-state index contributed by atoms with van der Waals surface area (Å²) < 4.78 is 0. The van der Waals surface area contributed by atoms with E-state index >= 15 is 0 Å². The number of carbonyl (C=O) groups excluding carboxylic acids is 1. The van der Waals surface area contributed by atoms with Crippen LogP contribution in [0.4, 0.5) is 11.4 Å². The van der Waals surface area contributed by atoms with Crippen LogP contribution in [-0.2, 0) is 4.79 Å². The molecule has 0 fully saturated rings. The van der Waals surface area contributed by atoms with Gasteiger partial charge in [0.25, 0.3) is 0 Å². The SMILES string of the molecule is Cc1c(NC(=O)[C@@H](N)C(C)C)cccc1N(C)C.Cl. The lowest BCUT2D eigenvalue weighted by Crippen LogP contribution is -2.39. The van der Waals surface area contributed by atoms with E-state index in [0.29, 0.717) is 0 Å². The van der Waals surface area contributed by atoms with Gasteiger partial charge in [-0.05, 0) is 30.5 Å². The standard InChI is InChI=1S/C14H23N3O.ClH/c1-9(2)13(15)14(18)16-11-7-6-8-12(10(11)3)17(4)5;/h6-9,13H,15H2,1-5H3,(H,16,18);1H/t13-;/m0./s1. The predicted molar refractivity (Wildman–Crippen MR) is 84.2 cm³/mol. The molecule has 0 radical (unpaired) electrons. The first-order valence-electron chi connectivity index (χ1n) is 6.18. The third kappa shape index (κ3) is 4.40. The molecule has 1 atom stereocenters. The quantitative estimate of drug-likeness (QED) is 0.893. The lowest BCUT2D eigenvalue weighted by atomic mass is 10.0. The Morgan fingerprint density at radius 3 is 2.37 bits per heavy atom. The molecule has 0 aliphatic rings. The zero-order valence-corrected chi connectivity index (χ0v) is 13.0. The van der Waals surface area contributed by atoms with Gasteiger partial charge >= 0.3 is 0 Å². The fourth-order valence-corrected chi connectivity index (χ4v) is 1.76. The summed E-state index contributed by atoms with van der Waals surface area (Å²) in [6.07, 6.45) is 0. The van der Waals surface area contributed by atoms with Gasteiger partial charge in [-0.25, -0.2) is 0 Å². The highest BCUT2D eigenvalue weighted by molar-refractivity contribution is 5.96. The third-order valence-corrected chi connectivity index (χ3v) is 3.07. The van der Waals surface area contributed by atoms with Gasteiger partial charge in [0.1, 0.15) is 0 Å². The second-order valence-electron chi connectivity index (χ2n) is 5.10. The van der Waals surface area contributed by atoms with Crippen LogP contribution in [0.2, 0.25) is 0 Å². The van der Waals surface area contributed by atoms with Gasteiger partial charge in [0.05, 0.1) is 6.04 Å². The number of amides is 1. The molecule has 0 heterocycles. The molecule has 5 heteroatoms. The Bertz CT molecular complexity index is 433. The van der Waals surface area contributed by atoms with Crippen molar-refractivity contribution in [3.63, 3.8) is 0 Å². The maximum atomic E-state index is 11.9. The van der Waals surface area contributed by atoms with Gasteiger partial charge in [-0.2, -0.15) is 0 Å². The molecule has 0 bridgehead atoms. The summed E-state index contributed by atoms with van der Waals surface area (Å²) in [6.45, 7) is 5.87. The monoisotopic (exact) mass is 285 g/mol. The molecule has 0 aromatic heterocycles. The fourth-order valence-electron chi connectivity index (χ4n) is 1.76. The predicted octanol–water partition coefficient (Wildman–Crippen LogP) is 2.40. The molecule has 3 N–H and O–H groups in total. The van der Waals surface area contributed by atoms with Gasteiger partial charge in [-0.1, -0.05) is 19.9 Å². The van der Waals surface area contributed by atoms with Crippen molar-refractivity contribution in [2.45, 2.75) is 26.8 Å². The third-order valence-electron chi connectivity index (χ3n) is 3.07. The number of hydrogen-bond donors (Lipinski definition) is 2. The molecule has 1 aromatic rings. The zero-order valence-electron chi connectivity index (χ0n) is 12.2. The van der Waals surface area contributed by atoms with Gasteiger partial charge in [0, 0.05) is 25.5 Å². The first-order valence-corrected chi connectivity index (χ1v) is 6.18. The second-order valence-corrected chi connectivity index (χ2v) is 5.10. The summed E-state index contributed by atoms with van der Waals surface area (Å²) in [5.74, 6) is -0.00802. The Morgan fingerprint density at radius 1 is 1.32 bits per heavy atom. The Hall–Kier alpha value is -1.26. The molecule has 0 unspecified atom stereocenters. The minimum Gasteiger partial charge on any atom is -0.377 e. The van der Waals surface area contributed by atoms with E-state index in [1.807, 2.05) is 58.0 Å². The van der Waals surface area contributed by atoms with E-state index in [1.165, 1.54) is 0 Å². The zero-order chi connectivity index (χ0) is 13.9. The molecule has 0 aliphatic carbocycles. The van der Waals surface area contributed by atoms with E-state index in [4.69, 9.17) is 5.73 Å². The topological polar surface area (TPSA) is 58.4 Å². The fraction of sp³-hybridized carbons (Fsp3) is 0.500. The molecule has 4 nitrogen and oxygen atoms in total. The largest absolute Gasteiger partial charge is 0.377 e. The van der Waals surface area contributed by atoms with E-state index in [1.54, 1.807) is 0 Å². The van der Waals surface area contributed by atoms with Crippen molar-refractivity contribution >= 4 is 29.7 Å². The van der Waals surface area contributed by atoms with Crippen LogP contribution in [0.1, 0.15) is 19.4 Å². The maximum absolute atomic E-state index is 11.9. The second kappa shape index (κ2) is 7.36. The first kappa shape index (κ1) is 17.7. The van der Waals surface area contributed by atoms with E-state index < -0.39 is 6.04 Å². The molecule has 1 aromatic carbocycles. The summed E-state index contributed by atoms with van der Waals surface area (Å²) in [7, 11) is 3.96. The summed E-state index contributed by atoms with van der Waals surface area (Å²) in [4.78, 5) is 14.0. The molecule has 108 valence electrons. The number of nitrogens with two attached hydrogens (primary N) is 1. The highest BCUT2D eigenvalue weighted by Crippen LogP contribution is 2.25. The van der Waals surface area contributed by atoms with Crippen LogP contribution in [0.25, 0.3) is 0 Å². The van der Waals surface area contributed by atoms with E-state index in [9.17, 15) is 4.79 Å². The Balaban J connectivity index is 0.00000324. The summed E-state index contributed by atoms with van der Waals surface area (Å²) in [5.41, 5.74) is 8.79. The van der Waals surface area contributed by atoms with Crippen molar-refractivity contribution in [3.05, 3.63) is 23.8 Å². The van der Waals surface area contributed by atoms with Crippen molar-refractivity contribution in [2.24, 2.45) is 11.7 Å².